The lowest BCUT2D eigenvalue weighted by Crippen LogP contribution is -2.38. The van der Waals surface area contributed by atoms with Crippen molar-refractivity contribution in [2.45, 2.75) is 39.0 Å². The summed E-state index contributed by atoms with van der Waals surface area (Å²) in [7, 11) is -3.82. The summed E-state index contributed by atoms with van der Waals surface area (Å²) in [5.41, 5.74) is 7.82. The molecule has 0 atom stereocenters. The van der Waals surface area contributed by atoms with Crippen molar-refractivity contribution in [2.75, 3.05) is 43.5 Å². The van der Waals surface area contributed by atoms with Crippen LogP contribution in [-0.4, -0.2) is 67.3 Å². The Morgan fingerprint density at radius 2 is 2.03 bits per heavy atom. The Morgan fingerprint density at radius 3 is 2.72 bits per heavy atom. The highest BCUT2D eigenvalue weighted by atomic mass is 32.2. The van der Waals surface area contributed by atoms with Crippen LogP contribution in [0.5, 0.6) is 0 Å². The maximum atomic E-state index is 13.5. The van der Waals surface area contributed by atoms with Crippen LogP contribution in [0, 0.1) is 0 Å². The van der Waals surface area contributed by atoms with Crippen LogP contribution in [0.3, 0.4) is 0 Å². The van der Waals surface area contributed by atoms with Gasteiger partial charge in [0.1, 0.15) is 11.5 Å². The average Bonchev–Trinajstić information content (AvgIpc) is 3.40. The van der Waals surface area contributed by atoms with Gasteiger partial charge in [0, 0.05) is 37.2 Å². The van der Waals surface area contributed by atoms with Gasteiger partial charge in [-0.25, -0.2) is 23.1 Å². The lowest BCUT2D eigenvalue weighted by molar-refractivity contribution is -0.114. The normalized spacial score (nSPS) is 14.5. The van der Waals surface area contributed by atoms with Gasteiger partial charge < -0.3 is 15.4 Å². The SMILES string of the molecule is CC(C)c1csc(CCc2ccn3c(=O)c(C=CC(=O)NS(=O)(=O)CCCN)c(N4CCOCC4)nc3c2)n1. The quantitative estimate of drug-likeness (QED) is 0.326. The minimum absolute atomic E-state index is 0.194. The van der Waals surface area contributed by atoms with Crippen molar-refractivity contribution in [3.8, 4) is 0 Å². The third-order valence-electron chi connectivity index (χ3n) is 6.28. The molecule has 39 heavy (non-hydrogen) atoms. The smallest absolute Gasteiger partial charge is 0.267 e. The molecular weight excluding hydrogens is 540 g/mol. The molecule has 0 bridgehead atoms. The van der Waals surface area contributed by atoms with Gasteiger partial charge in [0.15, 0.2) is 0 Å². The van der Waals surface area contributed by atoms with Gasteiger partial charge in [-0.05, 0) is 49.1 Å². The van der Waals surface area contributed by atoms with Gasteiger partial charge in [-0.3, -0.25) is 14.0 Å². The first kappa shape index (κ1) is 28.9. The Balaban J connectivity index is 1.62. The fraction of sp³-hybridized carbons (Fsp3) is 0.462. The van der Waals surface area contributed by atoms with Crippen molar-refractivity contribution in [2.24, 2.45) is 5.73 Å². The second kappa shape index (κ2) is 12.8. The van der Waals surface area contributed by atoms with Crippen molar-refractivity contribution in [3.05, 3.63) is 62.0 Å². The van der Waals surface area contributed by atoms with E-state index in [0.717, 1.165) is 35.2 Å². The molecule has 1 aliphatic rings. The standard InChI is InChI=1S/C26H34N6O5S2/c1-18(2)21-17-38-24(28-21)7-4-19-8-10-32-22(16-19)29-25(31-11-13-37-14-12-31)20(26(32)34)5-6-23(33)30-39(35,36)15-3-9-27/h5-6,8,10,16-18H,3-4,7,9,11-15,27H2,1-2H3,(H,30,33). The van der Waals surface area contributed by atoms with E-state index in [2.05, 4.69) is 19.2 Å². The molecule has 1 amide bonds. The average molecular weight is 575 g/mol. The Hall–Kier alpha value is -3.13. The zero-order valence-electron chi connectivity index (χ0n) is 22.1. The van der Waals surface area contributed by atoms with Crippen molar-refractivity contribution < 1.29 is 17.9 Å². The van der Waals surface area contributed by atoms with E-state index in [-0.39, 0.29) is 29.8 Å². The van der Waals surface area contributed by atoms with E-state index >= 15 is 0 Å². The van der Waals surface area contributed by atoms with Crippen LogP contribution in [0.2, 0.25) is 0 Å². The Morgan fingerprint density at radius 1 is 1.26 bits per heavy atom. The minimum atomic E-state index is -3.82. The molecule has 1 fully saturated rings. The lowest BCUT2D eigenvalue weighted by Gasteiger charge is -2.29. The van der Waals surface area contributed by atoms with Gasteiger partial charge in [0.25, 0.3) is 11.5 Å². The van der Waals surface area contributed by atoms with Crippen LogP contribution in [0.1, 0.15) is 48.0 Å². The number of aryl methyl sites for hydroxylation is 2. The van der Waals surface area contributed by atoms with Crippen LogP contribution in [0.25, 0.3) is 11.7 Å². The number of hydrogen-bond donors (Lipinski definition) is 2. The topological polar surface area (TPSA) is 149 Å². The largest absolute Gasteiger partial charge is 0.378 e. The highest BCUT2D eigenvalue weighted by Crippen LogP contribution is 2.21. The van der Waals surface area contributed by atoms with Gasteiger partial charge >= 0.3 is 0 Å². The highest BCUT2D eigenvalue weighted by Gasteiger charge is 2.20. The van der Waals surface area contributed by atoms with Crippen LogP contribution in [-0.2, 0) is 32.4 Å². The fourth-order valence-corrected chi connectivity index (χ4v) is 6.11. The van der Waals surface area contributed by atoms with Crippen LogP contribution in [0.4, 0.5) is 5.82 Å². The first-order chi connectivity index (χ1) is 18.7. The predicted octanol–water partition coefficient (Wildman–Crippen LogP) is 1.70. The second-order valence-corrected chi connectivity index (χ2v) is 12.4. The van der Waals surface area contributed by atoms with Gasteiger partial charge in [-0.2, -0.15) is 0 Å². The van der Waals surface area contributed by atoms with E-state index in [1.54, 1.807) is 17.5 Å². The van der Waals surface area contributed by atoms with Crippen LogP contribution < -0.4 is 20.9 Å². The first-order valence-corrected chi connectivity index (χ1v) is 15.4. The number of amides is 1. The van der Waals surface area contributed by atoms with E-state index in [1.165, 1.54) is 10.5 Å². The van der Waals surface area contributed by atoms with Crippen LogP contribution in [0.15, 0.2) is 34.6 Å². The molecule has 210 valence electrons. The lowest BCUT2D eigenvalue weighted by atomic mass is 10.1. The number of hydrogen-bond acceptors (Lipinski definition) is 10. The third-order valence-corrected chi connectivity index (χ3v) is 8.55. The van der Waals surface area contributed by atoms with Gasteiger partial charge in [-0.1, -0.05) is 13.8 Å². The molecule has 4 heterocycles. The van der Waals surface area contributed by atoms with Crippen LogP contribution >= 0.6 is 11.3 Å². The molecule has 0 radical (unpaired) electrons. The zero-order valence-corrected chi connectivity index (χ0v) is 23.8. The Kier molecular flexibility index (Phi) is 9.49. The maximum Gasteiger partial charge on any atom is 0.267 e. The number of pyridine rings is 1. The number of nitrogens with one attached hydrogen (secondary N) is 1. The number of carbonyl (C=O) groups is 1. The summed E-state index contributed by atoms with van der Waals surface area (Å²) < 4.78 is 33.0. The van der Waals surface area contributed by atoms with Crippen molar-refractivity contribution in [3.63, 3.8) is 0 Å². The number of nitrogens with zero attached hydrogens (tertiary/aromatic N) is 4. The summed E-state index contributed by atoms with van der Waals surface area (Å²) in [5, 5.41) is 3.17. The summed E-state index contributed by atoms with van der Waals surface area (Å²) in [6.45, 7) is 6.47. The third kappa shape index (κ3) is 7.50. The molecule has 3 aromatic heterocycles. The number of rotatable bonds is 11. The van der Waals surface area contributed by atoms with Gasteiger partial charge in [-0.15, -0.1) is 11.3 Å². The number of thiazole rings is 1. The van der Waals surface area contributed by atoms with E-state index in [9.17, 15) is 18.0 Å². The summed E-state index contributed by atoms with van der Waals surface area (Å²) >= 11 is 1.66. The number of carbonyl (C=O) groups excluding carboxylic acids is 1. The number of sulfonamides is 1. The van der Waals surface area contributed by atoms with Crippen molar-refractivity contribution >= 4 is 44.8 Å². The monoisotopic (exact) mass is 574 g/mol. The number of morpholine rings is 1. The molecule has 0 aromatic carbocycles. The van der Waals surface area contributed by atoms with E-state index in [4.69, 9.17) is 20.4 Å². The molecule has 0 spiro atoms. The first-order valence-electron chi connectivity index (χ1n) is 12.9. The van der Waals surface area contributed by atoms with E-state index in [0.29, 0.717) is 43.7 Å². The van der Waals surface area contributed by atoms with Crippen molar-refractivity contribution in [1.29, 1.82) is 0 Å². The second-order valence-electron chi connectivity index (χ2n) is 9.60. The molecule has 1 aliphatic heterocycles. The number of nitrogens with two attached hydrogens (primary N) is 1. The Bertz CT molecular complexity index is 1510. The minimum Gasteiger partial charge on any atom is -0.378 e. The van der Waals surface area contributed by atoms with Gasteiger partial charge in [0.2, 0.25) is 10.0 Å². The maximum absolute atomic E-state index is 13.5. The summed E-state index contributed by atoms with van der Waals surface area (Å²) in [5.74, 6) is -0.286. The molecule has 1 saturated heterocycles. The Labute approximate surface area is 231 Å². The molecule has 11 nitrogen and oxygen atoms in total. The number of ether oxygens (including phenoxy) is 1. The molecule has 13 heteroatoms. The van der Waals surface area contributed by atoms with E-state index in [1.807, 2.05) is 21.8 Å². The molecule has 3 N–H and O–H groups in total. The van der Waals surface area contributed by atoms with E-state index < -0.39 is 15.9 Å². The molecule has 0 aliphatic carbocycles. The fourth-order valence-electron chi connectivity index (χ4n) is 4.13. The zero-order chi connectivity index (χ0) is 28.0. The number of aromatic nitrogens is 3. The summed E-state index contributed by atoms with van der Waals surface area (Å²) in [6, 6.07) is 3.78. The molecule has 0 saturated carbocycles. The number of fused-ring (bicyclic) bond motifs is 1. The summed E-state index contributed by atoms with van der Waals surface area (Å²) in [6.07, 6.45) is 5.82. The summed E-state index contributed by atoms with van der Waals surface area (Å²) in [4.78, 5) is 37.3. The molecule has 3 aromatic rings. The van der Waals surface area contributed by atoms with Crippen molar-refractivity contribution in [1.82, 2.24) is 19.1 Å². The molecule has 4 rings (SSSR count). The predicted molar refractivity (Wildman–Crippen MR) is 153 cm³/mol. The number of anilines is 1. The molecular formula is C26H34N6O5S2. The van der Waals surface area contributed by atoms with Gasteiger partial charge in [0.05, 0.1) is 35.2 Å². The highest BCUT2D eigenvalue weighted by molar-refractivity contribution is 7.90. The molecule has 0 unspecified atom stereocenters.